The van der Waals surface area contributed by atoms with Crippen LogP contribution < -0.4 is 24.8 Å². The summed E-state index contributed by atoms with van der Waals surface area (Å²) in [4.78, 5) is 0. The molecule has 2 aromatic carbocycles. The number of halogens is 2. The van der Waals surface area contributed by atoms with Gasteiger partial charge in [-0.15, -0.1) is 0 Å². The third-order valence-corrected chi connectivity index (χ3v) is 26.4. The third-order valence-electron chi connectivity index (χ3n) is 7.99. The van der Waals surface area contributed by atoms with E-state index in [0.717, 1.165) is 0 Å². The number of hydrogen-bond donors (Lipinski definition) is 0. The number of benzene rings is 2. The molecular formula is C33H46Cl2SiZr. The molecule has 0 aromatic heterocycles. The van der Waals surface area contributed by atoms with Gasteiger partial charge in [0, 0.05) is 0 Å². The topological polar surface area (TPSA) is 0 Å². The van der Waals surface area contributed by atoms with Gasteiger partial charge in [0.25, 0.3) is 0 Å². The van der Waals surface area contributed by atoms with Crippen molar-refractivity contribution in [1.29, 1.82) is 0 Å². The van der Waals surface area contributed by atoms with E-state index >= 15 is 0 Å². The van der Waals surface area contributed by atoms with Crippen LogP contribution in [0.25, 0.3) is 11.1 Å². The van der Waals surface area contributed by atoms with Gasteiger partial charge < -0.3 is 24.8 Å². The van der Waals surface area contributed by atoms with Crippen molar-refractivity contribution in [1.82, 2.24) is 0 Å². The quantitative estimate of drug-likeness (QED) is 0.443. The van der Waals surface area contributed by atoms with E-state index in [2.05, 4.69) is 131 Å². The van der Waals surface area contributed by atoms with Crippen molar-refractivity contribution in [2.24, 2.45) is 11.3 Å². The van der Waals surface area contributed by atoms with Gasteiger partial charge in [0.15, 0.2) is 0 Å². The van der Waals surface area contributed by atoms with Gasteiger partial charge in [0.05, 0.1) is 0 Å². The van der Waals surface area contributed by atoms with E-state index in [1.807, 2.05) is 3.28 Å². The van der Waals surface area contributed by atoms with E-state index in [9.17, 15) is 0 Å². The normalized spacial score (nSPS) is 17.0. The molecule has 0 N–H and O–H groups in total. The molecule has 200 valence electrons. The SMILES string of the molecule is CC1C=C(C(C)(C)C)C=[C]1[Zr+2]([CH]1c2ccc(C(C)(C)C)cc2-c2cc(C(C)(C)C)ccc21)=[Si](C)C.[Cl-].[Cl-]. The minimum absolute atomic E-state index is 0. The van der Waals surface area contributed by atoms with Crippen LogP contribution in [-0.4, -0.2) is 5.43 Å². The Hall–Kier alpha value is -0.400. The molecule has 4 heteroatoms. The summed E-state index contributed by atoms with van der Waals surface area (Å²) >= 11 is -2.03. The zero-order chi connectivity index (χ0) is 26.1. The van der Waals surface area contributed by atoms with Gasteiger partial charge in [-0.2, -0.15) is 0 Å². The van der Waals surface area contributed by atoms with E-state index in [0.29, 0.717) is 9.54 Å². The molecular weight excluding hydrogens is 587 g/mol. The minimum Gasteiger partial charge on any atom is -1.00 e. The van der Waals surface area contributed by atoms with Crippen LogP contribution in [0.3, 0.4) is 0 Å². The van der Waals surface area contributed by atoms with Gasteiger partial charge in [-0.1, -0.05) is 0 Å². The number of hydrogen-bond acceptors (Lipinski definition) is 0. The molecule has 0 saturated carbocycles. The van der Waals surface area contributed by atoms with Crippen LogP contribution in [0.1, 0.15) is 95.1 Å². The largest absolute Gasteiger partial charge is 1.00 e. The molecule has 0 spiro atoms. The van der Waals surface area contributed by atoms with Crippen molar-refractivity contribution in [2.45, 2.75) is 96.8 Å². The summed E-state index contributed by atoms with van der Waals surface area (Å²) in [5.41, 5.74) is 11.0. The van der Waals surface area contributed by atoms with Crippen LogP contribution >= 0.6 is 0 Å². The Bertz CT molecular complexity index is 1210. The Balaban J connectivity index is 0.00000241. The Morgan fingerprint density at radius 2 is 1.11 bits per heavy atom. The van der Waals surface area contributed by atoms with Crippen molar-refractivity contribution in [2.75, 3.05) is 0 Å². The number of allylic oxidation sites excluding steroid dienone is 4. The zero-order valence-corrected chi connectivity index (χ0v) is 30.0. The molecule has 2 aliphatic rings. The van der Waals surface area contributed by atoms with Crippen LogP contribution in [0.5, 0.6) is 0 Å². The predicted molar refractivity (Wildman–Crippen MR) is 153 cm³/mol. The predicted octanol–water partition coefficient (Wildman–Crippen LogP) is 3.73. The molecule has 1 unspecified atom stereocenters. The van der Waals surface area contributed by atoms with Crippen LogP contribution in [0, 0.1) is 11.3 Å². The molecule has 0 nitrogen and oxygen atoms in total. The molecule has 0 amide bonds. The van der Waals surface area contributed by atoms with Crippen molar-refractivity contribution in [3.63, 3.8) is 0 Å². The number of rotatable bonds is 2. The Labute approximate surface area is 247 Å². The Morgan fingerprint density at radius 1 is 0.676 bits per heavy atom. The maximum Gasteiger partial charge on any atom is -1.00 e. The first-order valence-electron chi connectivity index (χ1n) is 13.4. The average Bonchev–Trinajstić information content (AvgIpc) is 3.25. The maximum atomic E-state index is 2.67. The molecule has 37 heavy (non-hydrogen) atoms. The first kappa shape index (κ1) is 32.8. The summed E-state index contributed by atoms with van der Waals surface area (Å²) < 4.78 is 2.51. The monoisotopic (exact) mass is 630 g/mol. The molecule has 0 radical (unpaired) electrons. The van der Waals surface area contributed by atoms with Crippen LogP contribution in [-0.2, 0) is 31.2 Å². The average molecular weight is 633 g/mol. The number of fused-ring (bicyclic) bond motifs is 3. The summed E-state index contributed by atoms with van der Waals surface area (Å²) in [5.74, 6) is 0.605. The third kappa shape index (κ3) is 6.34. The van der Waals surface area contributed by atoms with Crippen molar-refractivity contribution in [3.05, 3.63) is 79.7 Å². The Kier molecular flexibility index (Phi) is 9.96. The molecule has 1 atom stereocenters. The summed E-state index contributed by atoms with van der Waals surface area (Å²) in [6.45, 7) is 28.9. The summed E-state index contributed by atoms with van der Waals surface area (Å²) in [7, 11) is 0. The Morgan fingerprint density at radius 3 is 1.43 bits per heavy atom. The second kappa shape index (κ2) is 11.2. The van der Waals surface area contributed by atoms with E-state index in [1.54, 1.807) is 16.7 Å². The van der Waals surface area contributed by atoms with Gasteiger partial charge in [-0.25, -0.2) is 0 Å². The molecule has 4 rings (SSSR count). The fourth-order valence-corrected chi connectivity index (χ4v) is 24.8. The van der Waals surface area contributed by atoms with E-state index in [1.165, 1.54) is 22.3 Å². The van der Waals surface area contributed by atoms with Gasteiger partial charge >= 0.3 is 225 Å². The first-order valence-corrected chi connectivity index (χ1v) is 22.2. The van der Waals surface area contributed by atoms with E-state index < -0.39 is 25.8 Å². The van der Waals surface area contributed by atoms with Crippen molar-refractivity contribution >= 4 is 5.43 Å². The summed E-state index contributed by atoms with van der Waals surface area (Å²) in [6.07, 6.45) is 5.25. The van der Waals surface area contributed by atoms with Crippen molar-refractivity contribution in [3.8, 4) is 11.1 Å². The van der Waals surface area contributed by atoms with Gasteiger partial charge in [0.2, 0.25) is 0 Å². The molecule has 0 heterocycles. The second-order valence-corrected chi connectivity index (χ2v) is 31.6. The fraction of sp³-hybridized carbons (Fsp3) is 0.515. The van der Waals surface area contributed by atoms with Gasteiger partial charge in [-0.05, 0) is 0 Å². The molecule has 0 aliphatic heterocycles. The van der Waals surface area contributed by atoms with Crippen LogP contribution in [0.4, 0.5) is 0 Å². The second-order valence-electron chi connectivity index (χ2n) is 14.2. The van der Waals surface area contributed by atoms with E-state index in [4.69, 9.17) is 0 Å². The molecule has 0 bridgehead atoms. The molecule has 2 aromatic rings. The molecule has 2 aliphatic carbocycles. The molecule has 0 fully saturated rings. The van der Waals surface area contributed by atoms with Gasteiger partial charge in [-0.3, -0.25) is 0 Å². The standard InChI is InChI=1S/C21H25.C10H15.C2H6Si.2ClH.Zr/c1-20(2,3)16-9-7-14-11-15-8-10-17(21(4,5)6)13-19(15)18(14)12-16;1-8-5-6-9(7-8)10(2,3)4;1-3-2;;;/h7-13H,1-6H3;6-8H,1-4H3;1-2H3;2*1H;/q;;;;;+2/p-2. The fourth-order valence-electron chi connectivity index (χ4n) is 5.73. The zero-order valence-electron chi connectivity index (χ0n) is 25.0. The molecule has 0 saturated heterocycles. The van der Waals surface area contributed by atoms with Gasteiger partial charge in [0.1, 0.15) is 0 Å². The summed E-state index contributed by atoms with van der Waals surface area (Å²) in [6, 6.07) is 15.0. The maximum absolute atomic E-state index is 2.67. The first-order chi connectivity index (χ1) is 16.0. The smallest absolute Gasteiger partial charge is 1.00 e. The van der Waals surface area contributed by atoms with Crippen LogP contribution in [0.15, 0.2) is 57.4 Å². The minimum atomic E-state index is -2.03. The van der Waals surface area contributed by atoms with Crippen LogP contribution in [0.2, 0.25) is 13.1 Å². The summed E-state index contributed by atoms with van der Waals surface area (Å²) in [5, 5.41) is 0. The van der Waals surface area contributed by atoms with E-state index in [-0.39, 0.29) is 41.1 Å². The van der Waals surface area contributed by atoms with Crippen molar-refractivity contribution < 1.29 is 45.2 Å².